The van der Waals surface area contributed by atoms with Gasteiger partial charge in [0.2, 0.25) is 5.91 Å². The summed E-state index contributed by atoms with van der Waals surface area (Å²) in [5.41, 5.74) is 4.98. The number of aromatic nitrogens is 1. The van der Waals surface area contributed by atoms with E-state index in [2.05, 4.69) is 28.5 Å². The smallest absolute Gasteiger partial charge is 0.234 e. The summed E-state index contributed by atoms with van der Waals surface area (Å²) in [6.45, 7) is 0.576. The molecule has 1 atom stereocenters. The zero-order chi connectivity index (χ0) is 14.9. The summed E-state index contributed by atoms with van der Waals surface area (Å²) in [4.78, 5) is 18.1. The molecule has 4 rings (SSSR count). The number of hydrogen-bond acceptors (Lipinski definition) is 3. The highest BCUT2D eigenvalue weighted by atomic mass is 32.2. The maximum atomic E-state index is 12.4. The lowest BCUT2D eigenvalue weighted by Crippen LogP contribution is -2.32. The summed E-state index contributed by atoms with van der Waals surface area (Å²) in [7, 11) is 0. The van der Waals surface area contributed by atoms with Crippen LogP contribution >= 0.6 is 11.8 Å². The Hall–Kier alpha value is -1.81. The number of nitrogens with zero attached hydrogens (tertiary/aromatic N) is 1. The number of rotatable bonds is 3. The minimum Gasteiger partial charge on any atom is -0.351 e. The highest BCUT2D eigenvalue weighted by Gasteiger charge is 2.27. The first kappa shape index (κ1) is 13.8. The number of carbonyl (C=O) groups is 1. The Kier molecular flexibility index (Phi) is 3.62. The van der Waals surface area contributed by atoms with Crippen molar-refractivity contribution >= 4 is 17.7 Å². The van der Waals surface area contributed by atoms with E-state index in [1.54, 1.807) is 11.8 Å². The Bertz CT molecular complexity index is 704. The molecule has 3 nitrogen and oxygen atoms in total. The van der Waals surface area contributed by atoms with E-state index in [4.69, 9.17) is 0 Å². The van der Waals surface area contributed by atoms with Gasteiger partial charge in [0.05, 0.1) is 5.25 Å². The minimum atomic E-state index is -0.000198. The van der Waals surface area contributed by atoms with Crippen LogP contribution in [-0.2, 0) is 30.6 Å². The molecular weight excluding hydrogens is 292 g/mol. The lowest BCUT2D eigenvalue weighted by molar-refractivity contribution is -0.120. The Labute approximate surface area is 134 Å². The van der Waals surface area contributed by atoms with Gasteiger partial charge in [0.1, 0.15) is 0 Å². The van der Waals surface area contributed by atoms with Gasteiger partial charge in [-0.1, -0.05) is 24.3 Å². The number of benzene rings is 1. The van der Waals surface area contributed by atoms with Crippen LogP contribution in [0.5, 0.6) is 0 Å². The van der Waals surface area contributed by atoms with Gasteiger partial charge in [-0.15, -0.1) is 11.8 Å². The first-order valence-corrected chi connectivity index (χ1v) is 8.66. The minimum absolute atomic E-state index is 0.000198. The van der Waals surface area contributed by atoms with E-state index < -0.39 is 0 Å². The number of hydrogen-bond donors (Lipinski definition) is 1. The van der Waals surface area contributed by atoms with Gasteiger partial charge in [0.25, 0.3) is 0 Å². The fourth-order valence-electron chi connectivity index (χ4n) is 3.20. The van der Waals surface area contributed by atoms with Gasteiger partial charge in [0.15, 0.2) is 0 Å². The highest BCUT2D eigenvalue weighted by molar-refractivity contribution is 8.01. The quantitative estimate of drug-likeness (QED) is 0.948. The van der Waals surface area contributed by atoms with E-state index in [0.717, 1.165) is 24.8 Å². The normalized spacial score (nSPS) is 18.8. The van der Waals surface area contributed by atoms with Crippen LogP contribution in [0.15, 0.2) is 41.4 Å². The van der Waals surface area contributed by atoms with Gasteiger partial charge in [0, 0.05) is 23.3 Å². The fourth-order valence-corrected chi connectivity index (χ4v) is 4.42. The second-order valence-electron chi connectivity index (χ2n) is 5.94. The molecule has 0 radical (unpaired) electrons. The number of carbonyl (C=O) groups excluding carboxylic acids is 1. The standard InChI is InChI=1S/C18H18N2OS/c21-18(17-9-14-4-1-2-7-16(14)22-17)20-11-12-8-13-5-3-6-15(13)19-10-12/h1-2,4,7-8,10,17H,3,5-6,9,11H2,(H,20,21). The molecule has 0 saturated heterocycles. The van der Waals surface area contributed by atoms with Gasteiger partial charge < -0.3 is 5.32 Å². The molecule has 1 N–H and O–H groups in total. The summed E-state index contributed by atoms with van der Waals surface area (Å²) in [5.74, 6) is 0.127. The zero-order valence-electron chi connectivity index (χ0n) is 12.3. The molecule has 0 bridgehead atoms. The number of pyridine rings is 1. The first-order chi connectivity index (χ1) is 10.8. The van der Waals surface area contributed by atoms with Crippen molar-refractivity contribution in [1.82, 2.24) is 10.3 Å². The third-order valence-electron chi connectivity index (χ3n) is 4.38. The molecule has 0 saturated carbocycles. The van der Waals surface area contributed by atoms with Gasteiger partial charge in [-0.2, -0.15) is 0 Å². The van der Waals surface area contributed by atoms with Crippen molar-refractivity contribution in [2.45, 2.75) is 42.4 Å². The van der Waals surface area contributed by atoms with Crippen LogP contribution in [0.4, 0.5) is 0 Å². The maximum absolute atomic E-state index is 12.4. The van der Waals surface area contributed by atoms with Crippen molar-refractivity contribution in [3.8, 4) is 0 Å². The molecule has 112 valence electrons. The van der Waals surface area contributed by atoms with Crippen molar-refractivity contribution in [3.05, 3.63) is 58.9 Å². The average Bonchev–Trinajstić information content (AvgIpc) is 3.18. The monoisotopic (exact) mass is 310 g/mol. The third-order valence-corrected chi connectivity index (χ3v) is 5.70. The molecule has 2 aromatic rings. The van der Waals surface area contributed by atoms with Crippen molar-refractivity contribution in [3.63, 3.8) is 0 Å². The number of thioether (sulfide) groups is 1. The number of nitrogens with one attached hydrogen (secondary N) is 1. The molecule has 1 amide bonds. The Morgan fingerprint density at radius 1 is 1.27 bits per heavy atom. The summed E-state index contributed by atoms with van der Waals surface area (Å²) < 4.78 is 0. The predicted molar refractivity (Wildman–Crippen MR) is 87.9 cm³/mol. The zero-order valence-corrected chi connectivity index (χ0v) is 13.2. The molecule has 1 aliphatic carbocycles. The van der Waals surface area contributed by atoms with Crippen LogP contribution in [0.2, 0.25) is 0 Å². The summed E-state index contributed by atoms with van der Waals surface area (Å²) in [5, 5.41) is 3.07. The molecule has 2 heterocycles. The highest BCUT2D eigenvalue weighted by Crippen LogP contribution is 2.36. The molecule has 0 fully saturated rings. The fraction of sp³-hybridized carbons (Fsp3) is 0.333. The topological polar surface area (TPSA) is 42.0 Å². The van der Waals surface area contributed by atoms with Crippen molar-refractivity contribution in [1.29, 1.82) is 0 Å². The van der Waals surface area contributed by atoms with Gasteiger partial charge in [-0.05, 0) is 48.4 Å². The largest absolute Gasteiger partial charge is 0.351 e. The van der Waals surface area contributed by atoms with E-state index in [-0.39, 0.29) is 11.2 Å². The van der Waals surface area contributed by atoms with Gasteiger partial charge in [-0.3, -0.25) is 9.78 Å². The van der Waals surface area contributed by atoms with Crippen LogP contribution in [-0.4, -0.2) is 16.1 Å². The van der Waals surface area contributed by atoms with E-state index in [9.17, 15) is 4.79 Å². The summed E-state index contributed by atoms with van der Waals surface area (Å²) >= 11 is 1.67. The maximum Gasteiger partial charge on any atom is 0.234 e. The third kappa shape index (κ3) is 2.63. The predicted octanol–water partition coefficient (Wildman–Crippen LogP) is 2.90. The van der Waals surface area contributed by atoms with Crippen LogP contribution in [0.3, 0.4) is 0 Å². The van der Waals surface area contributed by atoms with Crippen molar-refractivity contribution in [2.75, 3.05) is 0 Å². The average molecular weight is 310 g/mol. The summed E-state index contributed by atoms with van der Waals surface area (Å²) in [6, 6.07) is 10.5. The number of aryl methyl sites for hydroxylation is 2. The van der Waals surface area contributed by atoms with Crippen LogP contribution in [0, 0.1) is 0 Å². The Balaban J connectivity index is 1.37. The van der Waals surface area contributed by atoms with E-state index in [0.29, 0.717) is 6.54 Å². The molecule has 1 aromatic carbocycles. The van der Waals surface area contributed by atoms with Crippen LogP contribution < -0.4 is 5.32 Å². The number of amides is 1. The molecule has 1 unspecified atom stereocenters. The van der Waals surface area contributed by atoms with E-state index in [1.165, 1.54) is 28.1 Å². The van der Waals surface area contributed by atoms with E-state index in [1.807, 2.05) is 18.3 Å². The second-order valence-corrected chi connectivity index (χ2v) is 7.18. The summed E-state index contributed by atoms with van der Waals surface area (Å²) in [6.07, 6.45) is 6.15. The molecular formula is C18H18N2OS. The number of fused-ring (bicyclic) bond motifs is 2. The SMILES string of the molecule is O=C(NCc1cnc2c(c1)CCC2)C1Cc2ccccc2S1. The van der Waals surface area contributed by atoms with Crippen LogP contribution in [0.25, 0.3) is 0 Å². The molecule has 2 aliphatic rings. The van der Waals surface area contributed by atoms with Crippen LogP contribution in [0.1, 0.15) is 28.8 Å². The molecule has 0 spiro atoms. The van der Waals surface area contributed by atoms with E-state index >= 15 is 0 Å². The van der Waals surface area contributed by atoms with Gasteiger partial charge >= 0.3 is 0 Å². The molecule has 1 aromatic heterocycles. The van der Waals surface area contributed by atoms with Crippen molar-refractivity contribution in [2.24, 2.45) is 0 Å². The lowest BCUT2D eigenvalue weighted by Gasteiger charge is -2.10. The second kappa shape index (κ2) is 5.76. The Morgan fingerprint density at radius 3 is 3.09 bits per heavy atom. The molecule has 22 heavy (non-hydrogen) atoms. The first-order valence-electron chi connectivity index (χ1n) is 7.78. The van der Waals surface area contributed by atoms with Gasteiger partial charge in [-0.25, -0.2) is 0 Å². The molecule has 4 heteroatoms. The Morgan fingerprint density at radius 2 is 2.18 bits per heavy atom. The lowest BCUT2D eigenvalue weighted by atomic mass is 10.1. The molecule has 1 aliphatic heterocycles. The van der Waals surface area contributed by atoms with Crippen molar-refractivity contribution < 1.29 is 4.79 Å².